The first-order chi connectivity index (χ1) is 12.8. The van der Waals surface area contributed by atoms with Gasteiger partial charge >= 0.3 is 23.9 Å². The monoisotopic (exact) mass is 406 g/mol. The second-order valence-corrected chi connectivity index (χ2v) is 7.48. The van der Waals surface area contributed by atoms with Gasteiger partial charge in [-0.2, -0.15) is 0 Å². The van der Waals surface area contributed by atoms with Crippen LogP contribution in [0, 0.1) is 0 Å². The number of aliphatic carboxylic acids is 3. The average molecular weight is 406 g/mol. The Bertz CT molecular complexity index is 466. The lowest BCUT2D eigenvalue weighted by molar-refractivity contribution is -0.150. The van der Waals surface area contributed by atoms with E-state index in [0.29, 0.717) is 6.42 Å². The molecule has 0 saturated heterocycles. The van der Waals surface area contributed by atoms with Crippen molar-refractivity contribution in [2.75, 3.05) is 6.61 Å². The number of hydrogen-bond donors (Lipinski definition) is 3. The molecule has 27 heavy (non-hydrogen) atoms. The van der Waals surface area contributed by atoms with Crippen molar-refractivity contribution < 1.29 is 39.2 Å². The Morgan fingerprint density at radius 1 is 0.704 bits per heavy atom. The van der Waals surface area contributed by atoms with E-state index in [4.69, 9.17) is 20.1 Å². The topological polar surface area (TPSA) is 138 Å². The Hall–Kier alpha value is -1.77. The van der Waals surface area contributed by atoms with Crippen LogP contribution in [-0.2, 0) is 23.9 Å². The Morgan fingerprint density at radius 3 is 1.52 bits per heavy atom. The van der Waals surface area contributed by atoms with Crippen LogP contribution >= 0.6 is 11.8 Å². The van der Waals surface area contributed by atoms with Crippen LogP contribution in [0.2, 0.25) is 0 Å². The molecule has 0 aliphatic carbocycles. The summed E-state index contributed by atoms with van der Waals surface area (Å²) in [6.07, 6.45) is 11.0. The fourth-order valence-electron chi connectivity index (χ4n) is 2.41. The molecule has 0 amide bonds. The van der Waals surface area contributed by atoms with Crippen molar-refractivity contribution in [1.82, 2.24) is 0 Å². The predicted octanol–water partition coefficient (Wildman–Crippen LogP) is 3.17. The summed E-state index contributed by atoms with van der Waals surface area (Å²) >= 11 is 0.0319. The molecule has 1 atom stereocenters. The van der Waals surface area contributed by atoms with E-state index < -0.39 is 34.4 Å². The second-order valence-electron chi connectivity index (χ2n) is 6.26. The van der Waals surface area contributed by atoms with Gasteiger partial charge < -0.3 is 20.1 Å². The molecule has 0 aliphatic heterocycles. The molecule has 0 aromatic carbocycles. The minimum atomic E-state index is -2.05. The molecule has 156 valence electrons. The average Bonchev–Trinajstić information content (AvgIpc) is 2.59. The fraction of sp³-hybridized carbons (Fsp3) is 0.778. The Balaban J connectivity index is 4.01. The van der Waals surface area contributed by atoms with Crippen molar-refractivity contribution in [3.63, 3.8) is 0 Å². The number of carboxylic acids is 3. The standard InChI is InChI=1S/C18H30O8S/c1-2-3-4-5-6-7-8-9-10-11-12-26-18(25)14(17(23)24)27-13(15(19)20)16(21)22/h13-14H,2-12H2,1H3,(H,19,20)(H,21,22)(H,23,24). The van der Waals surface area contributed by atoms with Crippen molar-refractivity contribution >= 4 is 35.6 Å². The molecule has 0 aliphatic rings. The van der Waals surface area contributed by atoms with E-state index in [1.54, 1.807) is 0 Å². The van der Waals surface area contributed by atoms with E-state index in [-0.39, 0.29) is 18.4 Å². The summed E-state index contributed by atoms with van der Waals surface area (Å²) in [5.74, 6) is -6.20. The number of thioether (sulfide) groups is 1. The summed E-state index contributed by atoms with van der Waals surface area (Å²) < 4.78 is 4.87. The lowest BCUT2D eigenvalue weighted by Gasteiger charge is -2.14. The highest BCUT2D eigenvalue weighted by Gasteiger charge is 2.38. The molecule has 0 saturated carbocycles. The van der Waals surface area contributed by atoms with Gasteiger partial charge in [-0.05, 0) is 6.42 Å². The van der Waals surface area contributed by atoms with E-state index >= 15 is 0 Å². The van der Waals surface area contributed by atoms with E-state index in [0.717, 1.165) is 19.3 Å². The fourth-order valence-corrected chi connectivity index (χ4v) is 3.21. The number of carboxylic acid groups (broad SMARTS) is 3. The third-order valence-electron chi connectivity index (χ3n) is 3.90. The summed E-state index contributed by atoms with van der Waals surface area (Å²) in [6.45, 7) is 2.21. The van der Waals surface area contributed by atoms with E-state index in [2.05, 4.69) is 6.92 Å². The quantitative estimate of drug-likeness (QED) is 0.189. The molecule has 0 fully saturated rings. The first-order valence-corrected chi connectivity index (χ1v) is 10.3. The van der Waals surface area contributed by atoms with Crippen LogP contribution in [0.4, 0.5) is 0 Å². The number of carbonyl (C=O) groups excluding carboxylic acids is 1. The number of ether oxygens (including phenoxy) is 1. The van der Waals surface area contributed by atoms with Gasteiger partial charge in [-0.25, -0.2) is 0 Å². The van der Waals surface area contributed by atoms with Crippen LogP contribution < -0.4 is 0 Å². The normalized spacial score (nSPS) is 11.9. The first-order valence-electron chi connectivity index (χ1n) is 9.31. The van der Waals surface area contributed by atoms with Crippen molar-refractivity contribution in [2.45, 2.75) is 81.6 Å². The first kappa shape index (κ1) is 25.2. The molecule has 8 nitrogen and oxygen atoms in total. The van der Waals surface area contributed by atoms with Crippen LogP contribution in [0.3, 0.4) is 0 Å². The lowest BCUT2D eigenvalue weighted by Crippen LogP contribution is -2.36. The van der Waals surface area contributed by atoms with Crippen LogP contribution in [0.15, 0.2) is 0 Å². The van der Waals surface area contributed by atoms with Crippen LogP contribution in [0.1, 0.15) is 71.1 Å². The molecule has 9 heteroatoms. The minimum Gasteiger partial charge on any atom is -0.480 e. The smallest absolute Gasteiger partial charge is 0.330 e. The minimum absolute atomic E-state index is 0.0319. The van der Waals surface area contributed by atoms with Crippen molar-refractivity contribution in [3.8, 4) is 0 Å². The third-order valence-corrected chi connectivity index (χ3v) is 5.24. The van der Waals surface area contributed by atoms with Gasteiger partial charge in [0.25, 0.3) is 0 Å². The maximum absolute atomic E-state index is 11.8. The molecule has 0 spiro atoms. The van der Waals surface area contributed by atoms with Crippen molar-refractivity contribution in [2.24, 2.45) is 0 Å². The number of unbranched alkanes of at least 4 members (excludes halogenated alkanes) is 9. The Kier molecular flexibility index (Phi) is 14.3. The number of rotatable bonds is 17. The van der Waals surface area contributed by atoms with Gasteiger partial charge in [0, 0.05) is 0 Å². The second kappa shape index (κ2) is 15.3. The number of hydrogen-bond acceptors (Lipinski definition) is 6. The molecule has 0 heterocycles. The number of carbonyl (C=O) groups is 4. The largest absolute Gasteiger partial charge is 0.480 e. The van der Waals surface area contributed by atoms with Crippen LogP contribution in [-0.4, -0.2) is 56.3 Å². The summed E-state index contributed by atoms with van der Waals surface area (Å²) in [5, 5.41) is 22.7. The molecule has 0 rings (SSSR count). The van der Waals surface area contributed by atoms with E-state index in [1.165, 1.54) is 38.5 Å². The SMILES string of the molecule is CCCCCCCCCCCCOC(=O)C(SC(C(=O)O)C(=O)O)C(=O)O. The van der Waals surface area contributed by atoms with Crippen LogP contribution in [0.5, 0.6) is 0 Å². The molecule has 0 aromatic heterocycles. The van der Waals surface area contributed by atoms with Gasteiger partial charge in [0.05, 0.1) is 6.61 Å². The Labute approximate surface area is 163 Å². The molecule has 0 aromatic rings. The number of esters is 1. The Morgan fingerprint density at radius 2 is 1.11 bits per heavy atom. The van der Waals surface area contributed by atoms with E-state index in [1.807, 2.05) is 0 Å². The molecule has 0 bridgehead atoms. The van der Waals surface area contributed by atoms with Gasteiger partial charge in [-0.15, -0.1) is 11.8 Å². The molecule has 1 unspecified atom stereocenters. The van der Waals surface area contributed by atoms with Crippen molar-refractivity contribution in [3.05, 3.63) is 0 Å². The van der Waals surface area contributed by atoms with Gasteiger partial charge in [-0.1, -0.05) is 64.7 Å². The zero-order chi connectivity index (χ0) is 20.7. The van der Waals surface area contributed by atoms with Crippen LogP contribution in [0.25, 0.3) is 0 Å². The maximum atomic E-state index is 11.8. The summed E-state index contributed by atoms with van der Waals surface area (Å²) in [7, 11) is 0. The van der Waals surface area contributed by atoms with E-state index in [9.17, 15) is 19.2 Å². The lowest BCUT2D eigenvalue weighted by atomic mass is 10.1. The summed E-state index contributed by atoms with van der Waals surface area (Å²) in [5.41, 5.74) is 0. The highest BCUT2D eigenvalue weighted by molar-refractivity contribution is 8.03. The molecule has 0 radical (unpaired) electrons. The maximum Gasteiger partial charge on any atom is 0.330 e. The predicted molar refractivity (Wildman–Crippen MR) is 101 cm³/mol. The summed E-state index contributed by atoms with van der Waals surface area (Å²) in [6, 6.07) is 0. The zero-order valence-corrected chi connectivity index (χ0v) is 16.5. The highest BCUT2D eigenvalue weighted by atomic mass is 32.2. The zero-order valence-electron chi connectivity index (χ0n) is 15.7. The third kappa shape index (κ3) is 12.3. The molecular formula is C18H30O8S. The highest BCUT2D eigenvalue weighted by Crippen LogP contribution is 2.21. The molecular weight excluding hydrogens is 376 g/mol. The van der Waals surface area contributed by atoms with Gasteiger partial charge in [0.15, 0.2) is 0 Å². The van der Waals surface area contributed by atoms with Crippen molar-refractivity contribution in [1.29, 1.82) is 0 Å². The van der Waals surface area contributed by atoms with Gasteiger partial charge in [0.2, 0.25) is 10.5 Å². The van der Waals surface area contributed by atoms with Gasteiger partial charge in [0.1, 0.15) is 0 Å². The van der Waals surface area contributed by atoms with Gasteiger partial charge in [-0.3, -0.25) is 19.2 Å². The summed E-state index contributed by atoms with van der Waals surface area (Å²) in [4.78, 5) is 44.6. The molecule has 3 N–H and O–H groups in total.